The van der Waals surface area contributed by atoms with E-state index < -0.39 is 11.8 Å². The number of aromatic nitrogens is 1. The molecule has 0 unspecified atom stereocenters. The maximum Gasteiger partial charge on any atom is 0.306 e. The third kappa shape index (κ3) is 4.79. The Morgan fingerprint density at radius 2 is 1.92 bits per heavy atom. The lowest BCUT2D eigenvalue weighted by atomic mass is 10.1. The van der Waals surface area contributed by atoms with Crippen molar-refractivity contribution in [1.82, 2.24) is 4.98 Å². The van der Waals surface area contributed by atoms with Gasteiger partial charge in [0.2, 0.25) is 5.88 Å². The zero-order valence-electron chi connectivity index (χ0n) is 13.0. The molecule has 0 aliphatic heterocycles. The first-order valence-corrected chi connectivity index (χ1v) is 8.11. The van der Waals surface area contributed by atoms with Gasteiger partial charge < -0.3 is 14.6 Å². The standard InChI is InChI=1S/C17H16BrNO5/c1-2-23-15(21)9-8-13(20)16-17(22)12(18)10-14(19-16)24-11-6-4-3-5-7-11/h3-7,10,22H,2,8-9H2,1H3. The number of halogens is 1. The van der Waals surface area contributed by atoms with Crippen molar-refractivity contribution in [3.63, 3.8) is 0 Å². The Labute approximate surface area is 147 Å². The summed E-state index contributed by atoms with van der Waals surface area (Å²) in [5.41, 5.74) is -0.153. The molecule has 0 saturated carbocycles. The van der Waals surface area contributed by atoms with Crippen LogP contribution in [-0.2, 0) is 9.53 Å². The van der Waals surface area contributed by atoms with Crippen molar-refractivity contribution in [2.75, 3.05) is 6.61 Å². The second-order valence-corrected chi connectivity index (χ2v) is 5.64. The van der Waals surface area contributed by atoms with Gasteiger partial charge in [0, 0.05) is 12.5 Å². The summed E-state index contributed by atoms with van der Waals surface area (Å²) in [6.45, 7) is 1.94. The van der Waals surface area contributed by atoms with Gasteiger partial charge in [0.25, 0.3) is 0 Å². The summed E-state index contributed by atoms with van der Waals surface area (Å²) >= 11 is 3.17. The Hall–Kier alpha value is -2.41. The number of pyridine rings is 1. The lowest BCUT2D eigenvalue weighted by Gasteiger charge is -2.09. The van der Waals surface area contributed by atoms with Crippen molar-refractivity contribution < 1.29 is 24.2 Å². The third-order valence-corrected chi connectivity index (χ3v) is 3.62. The first-order chi connectivity index (χ1) is 11.5. The molecule has 1 aromatic carbocycles. The summed E-state index contributed by atoms with van der Waals surface area (Å²) in [5.74, 6) is -0.525. The summed E-state index contributed by atoms with van der Waals surface area (Å²) in [7, 11) is 0. The number of esters is 1. The fourth-order valence-corrected chi connectivity index (χ4v) is 2.29. The monoisotopic (exact) mass is 393 g/mol. The van der Waals surface area contributed by atoms with Gasteiger partial charge in [-0.15, -0.1) is 0 Å². The van der Waals surface area contributed by atoms with Crippen LogP contribution in [0.2, 0.25) is 0 Å². The average molecular weight is 394 g/mol. The van der Waals surface area contributed by atoms with Crippen LogP contribution in [0.15, 0.2) is 40.9 Å². The van der Waals surface area contributed by atoms with Gasteiger partial charge in [-0.1, -0.05) is 18.2 Å². The largest absolute Gasteiger partial charge is 0.504 e. The fraction of sp³-hybridized carbons (Fsp3) is 0.235. The second kappa shape index (κ2) is 8.44. The van der Waals surface area contributed by atoms with Crippen LogP contribution in [0.4, 0.5) is 0 Å². The highest BCUT2D eigenvalue weighted by Gasteiger charge is 2.19. The van der Waals surface area contributed by atoms with E-state index >= 15 is 0 Å². The molecule has 2 aromatic rings. The highest BCUT2D eigenvalue weighted by molar-refractivity contribution is 9.10. The lowest BCUT2D eigenvalue weighted by Crippen LogP contribution is -2.09. The van der Waals surface area contributed by atoms with E-state index in [1.54, 1.807) is 31.2 Å². The Kier molecular flexibility index (Phi) is 6.31. The van der Waals surface area contributed by atoms with Crippen molar-refractivity contribution in [2.45, 2.75) is 19.8 Å². The van der Waals surface area contributed by atoms with Gasteiger partial charge in [0.05, 0.1) is 17.5 Å². The number of para-hydroxylation sites is 1. The molecule has 0 spiro atoms. The predicted octanol–water partition coefficient (Wildman–Crippen LogP) is 3.87. The predicted molar refractivity (Wildman–Crippen MR) is 90.3 cm³/mol. The van der Waals surface area contributed by atoms with E-state index in [9.17, 15) is 14.7 Å². The van der Waals surface area contributed by atoms with Gasteiger partial charge in [0.15, 0.2) is 17.2 Å². The smallest absolute Gasteiger partial charge is 0.306 e. The number of benzene rings is 1. The number of carbonyl (C=O) groups excluding carboxylic acids is 2. The molecule has 0 atom stereocenters. The maximum atomic E-state index is 12.2. The van der Waals surface area contributed by atoms with Crippen molar-refractivity contribution in [3.05, 3.63) is 46.6 Å². The van der Waals surface area contributed by atoms with Gasteiger partial charge in [-0.05, 0) is 35.0 Å². The molecule has 1 N–H and O–H groups in total. The molecule has 7 heteroatoms. The second-order valence-electron chi connectivity index (χ2n) is 4.78. The van der Waals surface area contributed by atoms with Crippen LogP contribution < -0.4 is 4.74 Å². The molecule has 0 aliphatic carbocycles. The normalized spacial score (nSPS) is 10.2. The number of carbonyl (C=O) groups is 2. The highest BCUT2D eigenvalue weighted by atomic mass is 79.9. The van der Waals surface area contributed by atoms with Gasteiger partial charge >= 0.3 is 5.97 Å². The Morgan fingerprint density at radius 1 is 1.21 bits per heavy atom. The molecule has 1 aromatic heterocycles. The lowest BCUT2D eigenvalue weighted by molar-refractivity contribution is -0.143. The number of aromatic hydroxyl groups is 1. The summed E-state index contributed by atoms with van der Waals surface area (Å²) in [4.78, 5) is 27.6. The molecule has 0 fully saturated rings. The zero-order chi connectivity index (χ0) is 17.5. The van der Waals surface area contributed by atoms with Crippen LogP contribution in [-0.4, -0.2) is 28.4 Å². The van der Waals surface area contributed by atoms with E-state index in [1.165, 1.54) is 6.07 Å². The Bertz CT molecular complexity index is 733. The summed E-state index contributed by atoms with van der Waals surface area (Å²) < 4.78 is 10.6. The van der Waals surface area contributed by atoms with E-state index in [0.717, 1.165) is 0 Å². The number of rotatable bonds is 7. The molecular formula is C17H16BrNO5. The number of Topliss-reactive ketones (excluding diaryl/α,β-unsaturated/α-hetero) is 1. The Morgan fingerprint density at radius 3 is 2.58 bits per heavy atom. The number of nitrogens with zero attached hydrogens (tertiary/aromatic N) is 1. The number of ketones is 1. The van der Waals surface area contributed by atoms with Crippen molar-refractivity contribution in [3.8, 4) is 17.4 Å². The van der Waals surface area contributed by atoms with E-state index in [-0.39, 0.29) is 41.2 Å². The minimum absolute atomic E-state index is 0.0742. The highest BCUT2D eigenvalue weighted by Crippen LogP contribution is 2.32. The molecule has 0 bridgehead atoms. The topological polar surface area (TPSA) is 85.7 Å². The van der Waals surface area contributed by atoms with Gasteiger partial charge in [-0.25, -0.2) is 4.98 Å². The van der Waals surface area contributed by atoms with Crippen LogP contribution in [0, 0.1) is 0 Å². The van der Waals surface area contributed by atoms with Gasteiger partial charge in [-0.3, -0.25) is 9.59 Å². The fourth-order valence-electron chi connectivity index (χ4n) is 1.91. The molecule has 6 nitrogen and oxygen atoms in total. The van der Waals surface area contributed by atoms with E-state index in [4.69, 9.17) is 9.47 Å². The number of ether oxygens (including phenoxy) is 2. The van der Waals surface area contributed by atoms with Crippen LogP contribution in [0.3, 0.4) is 0 Å². The molecular weight excluding hydrogens is 378 g/mol. The first-order valence-electron chi connectivity index (χ1n) is 7.32. The molecule has 1 heterocycles. The molecule has 2 rings (SSSR count). The van der Waals surface area contributed by atoms with Gasteiger partial charge in [-0.2, -0.15) is 0 Å². The molecule has 0 amide bonds. The summed E-state index contributed by atoms with van der Waals surface area (Å²) in [5, 5.41) is 10.0. The minimum atomic E-state index is -0.472. The quantitative estimate of drug-likeness (QED) is 0.567. The molecule has 126 valence electrons. The van der Waals surface area contributed by atoms with E-state index in [1.807, 2.05) is 6.07 Å². The van der Waals surface area contributed by atoms with Crippen LogP contribution in [0.1, 0.15) is 30.3 Å². The van der Waals surface area contributed by atoms with Gasteiger partial charge in [0.1, 0.15) is 5.75 Å². The van der Waals surface area contributed by atoms with Crippen molar-refractivity contribution in [1.29, 1.82) is 0 Å². The first kappa shape index (κ1) is 17.9. The number of hydrogen-bond acceptors (Lipinski definition) is 6. The SMILES string of the molecule is CCOC(=O)CCC(=O)c1nc(Oc2ccccc2)cc(Br)c1O. The molecule has 0 radical (unpaired) electrons. The summed E-state index contributed by atoms with van der Waals surface area (Å²) in [6, 6.07) is 10.4. The van der Waals surface area contributed by atoms with Crippen LogP contribution >= 0.6 is 15.9 Å². The zero-order valence-corrected chi connectivity index (χ0v) is 14.6. The minimum Gasteiger partial charge on any atom is -0.504 e. The molecule has 24 heavy (non-hydrogen) atoms. The molecule has 0 aliphatic rings. The number of hydrogen-bond donors (Lipinski definition) is 1. The van der Waals surface area contributed by atoms with Crippen molar-refractivity contribution >= 4 is 27.7 Å². The van der Waals surface area contributed by atoms with Crippen molar-refractivity contribution in [2.24, 2.45) is 0 Å². The maximum absolute atomic E-state index is 12.2. The van der Waals surface area contributed by atoms with Crippen LogP contribution in [0.5, 0.6) is 17.4 Å². The third-order valence-electron chi connectivity index (χ3n) is 3.01. The Balaban J connectivity index is 2.17. The average Bonchev–Trinajstić information content (AvgIpc) is 2.57. The van der Waals surface area contributed by atoms with Crippen LogP contribution in [0.25, 0.3) is 0 Å². The molecule has 0 saturated heterocycles. The summed E-state index contributed by atoms with van der Waals surface area (Å²) in [6.07, 6.45) is -0.185. The van der Waals surface area contributed by atoms with E-state index in [0.29, 0.717) is 5.75 Å². The van der Waals surface area contributed by atoms with E-state index in [2.05, 4.69) is 20.9 Å².